The third-order valence-electron chi connectivity index (χ3n) is 3.03. The van der Waals surface area contributed by atoms with Gasteiger partial charge in [-0.2, -0.15) is 0 Å². The summed E-state index contributed by atoms with van der Waals surface area (Å²) in [6.07, 6.45) is 0. The lowest BCUT2D eigenvalue weighted by Gasteiger charge is -2.09. The molecule has 0 unspecified atom stereocenters. The van der Waals surface area contributed by atoms with E-state index in [-0.39, 0.29) is 18.2 Å². The smallest absolute Gasteiger partial charge is 0.251 e. The normalized spacial score (nSPS) is 10.3. The fourth-order valence-corrected chi connectivity index (χ4v) is 2.13. The van der Waals surface area contributed by atoms with Crippen LogP contribution in [0.5, 0.6) is 5.75 Å². The molecule has 0 atom stereocenters. The third kappa shape index (κ3) is 3.29. The average Bonchev–Trinajstić information content (AvgIpc) is 2.38. The summed E-state index contributed by atoms with van der Waals surface area (Å²) in [4.78, 5) is 12.1. The lowest BCUT2D eigenvalue weighted by Crippen LogP contribution is -2.23. The highest BCUT2D eigenvalue weighted by atomic mass is 16.3. The molecule has 0 bridgehead atoms. The molecule has 0 fully saturated rings. The van der Waals surface area contributed by atoms with Crippen molar-refractivity contribution < 1.29 is 9.90 Å². The number of phenols is 1. The first kappa shape index (κ1) is 13.9. The largest absolute Gasteiger partial charge is 0.508 e. The molecule has 104 valence electrons. The second kappa shape index (κ2) is 5.65. The first-order valence-electron chi connectivity index (χ1n) is 6.39. The Balaban J connectivity index is 2.10. The average molecular weight is 270 g/mol. The Kier molecular flexibility index (Phi) is 3.94. The summed E-state index contributed by atoms with van der Waals surface area (Å²) in [7, 11) is 0. The van der Waals surface area contributed by atoms with Crippen molar-refractivity contribution in [1.82, 2.24) is 5.32 Å². The highest BCUT2D eigenvalue weighted by molar-refractivity contribution is 5.94. The number of benzene rings is 2. The molecule has 0 aliphatic rings. The Hall–Kier alpha value is -2.49. The predicted molar refractivity (Wildman–Crippen MR) is 79.6 cm³/mol. The van der Waals surface area contributed by atoms with Crippen molar-refractivity contribution in [3.8, 4) is 5.75 Å². The van der Waals surface area contributed by atoms with Gasteiger partial charge in [0.15, 0.2) is 0 Å². The highest BCUT2D eigenvalue weighted by Crippen LogP contribution is 2.19. The second-order valence-electron chi connectivity index (χ2n) is 4.95. The van der Waals surface area contributed by atoms with E-state index in [1.807, 2.05) is 32.0 Å². The van der Waals surface area contributed by atoms with E-state index in [1.165, 1.54) is 6.07 Å². The Bertz CT molecular complexity index is 631. The molecule has 0 aliphatic carbocycles. The third-order valence-corrected chi connectivity index (χ3v) is 3.03. The maximum atomic E-state index is 12.1. The molecule has 0 radical (unpaired) electrons. The Morgan fingerprint density at radius 3 is 2.45 bits per heavy atom. The highest BCUT2D eigenvalue weighted by Gasteiger charge is 2.08. The van der Waals surface area contributed by atoms with Crippen molar-refractivity contribution in [3.05, 3.63) is 58.7 Å². The van der Waals surface area contributed by atoms with Crippen LogP contribution in [0.4, 0.5) is 5.69 Å². The number of hydrogen-bond acceptors (Lipinski definition) is 3. The molecule has 2 aromatic carbocycles. The van der Waals surface area contributed by atoms with Gasteiger partial charge in [-0.25, -0.2) is 0 Å². The number of nitrogens with one attached hydrogen (secondary N) is 1. The van der Waals surface area contributed by atoms with E-state index in [2.05, 4.69) is 5.32 Å². The van der Waals surface area contributed by atoms with Crippen LogP contribution < -0.4 is 11.1 Å². The summed E-state index contributed by atoms with van der Waals surface area (Å²) in [5.41, 5.74) is 9.52. The van der Waals surface area contributed by atoms with Gasteiger partial charge in [0.2, 0.25) is 0 Å². The Labute approximate surface area is 118 Å². The molecule has 4 N–H and O–H groups in total. The van der Waals surface area contributed by atoms with Crippen LogP contribution in [-0.4, -0.2) is 11.0 Å². The topological polar surface area (TPSA) is 75.4 Å². The number of carbonyl (C=O) groups is 1. The van der Waals surface area contributed by atoms with Gasteiger partial charge in [0.05, 0.1) is 0 Å². The zero-order valence-electron chi connectivity index (χ0n) is 11.6. The number of carbonyl (C=O) groups excluding carboxylic acids is 1. The van der Waals surface area contributed by atoms with Crippen LogP contribution in [0.3, 0.4) is 0 Å². The monoisotopic (exact) mass is 270 g/mol. The summed E-state index contributed by atoms with van der Waals surface area (Å²) in [6.45, 7) is 4.14. The minimum atomic E-state index is -0.168. The van der Waals surface area contributed by atoms with E-state index in [9.17, 15) is 9.90 Å². The van der Waals surface area contributed by atoms with E-state index in [0.29, 0.717) is 16.8 Å². The lowest BCUT2D eigenvalue weighted by molar-refractivity contribution is 0.0950. The minimum Gasteiger partial charge on any atom is -0.508 e. The zero-order chi connectivity index (χ0) is 14.7. The summed E-state index contributed by atoms with van der Waals surface area (Å²) in [6, 6.07) is 10.5. The van der Waals surface area contributed by atoms with Crippen LogP contribution in [0.15, 0.2) is 36.4 Å². The molecule has 0 saturated carbocycles. The van der Waals surface area contributed by atoms with Crippen LogP contribution in [-0.2, 0) is 6.54 Å². The molecule has 1 amide bonds. The van der Waals surface area contributed by atoms with Crippen molar-refractivity contribution in [3.63, 3.8) is 0 Å². The molecular formula is C16H18N2O2. The fourth-order valence-electron chi connectivity index (χ4n) is 2.13. The number of rotatable bonds is 3. The van der Waals surface area contributed by atoms with Crippen molar-refractivity contribution in [1.29, 1.82) is 0 Å². The van der Waals surface area contributed by atoms with E-state index < -0.39 is 0 Å². The summed E-state index contributed by atoms with van der Waals surface area (Å²) < 4.78 is 0. The van der Waals surface area contributed by atoms with Crippen LogP contribution in [0.1, 0.15) is 27.0 Å². The molecule has 2 aromatic rings. The number of hydrogen-bond donors (Lipinski definition) is 3. The van der Waals surface area contributed by atoms with Crippen LogP contribution >= 0.6 is 0 Å². The zero-order valence-corrected chi connectivity index (χ0v) is 11.6. The van der Waals surface area contributed by atoms with Gasteiger partial charge in [-0.05, 0) is 44.2 Å². The van der Waals surface area contributed by atoms with Gasteiger partial charge in [-0.3, -0.25) is 4.79 Å². The van der Waals surface area contributed by atoms with E-state index in [0.717, 1.165) is 11.1 Å². The van der Waals surface area contributed by atoms with Gasteiger partial charge in [-0.1, -0.05) is 17.2 Å². The molecule has 0 aliphatic heterocycles. The van der Waals surface area contributed by atoms with Crippen molar-refractivity contribution in [2.75, 3.05) is 5.73 Å². The number of amides is 1. The van der Waals surface area contributed by atoms with E-state index >= 15 is 0 Å². The quantitative estimate of drug-likeness (QED) is 0.592. The van der Waals surface area contributed by atoms with Gasteiger partial charge >= 0.3 is 0 Å². The van der Waals surface area contributed by atoms with Gasteiger partial charge in [0.25, 0.3) is 5.91 Å². The predicted octanol–water partition coefficient (Wildman–Crippen LogP) is 2.52. The van der Waals surface area contributed by atoms with Crippen molar-refractivity contribution in [2.24, 2.45) is 0 Å². The standard InChI is InChI=1S/C16H18N2O2/c1-10-5-11(2)7-12(6-10)16(20)18-9-13-8-14(17)3-4-15(13)19/h3-8,19H,9,17H2,1-2H3,(H,18,20). The van der Waals surface area contributed by atoms with Crippen molar-refractivity contribution >= 4 is 11.6 Å². The number of aromatic hydroxyl groups is 1. The Morgan fingerprint density at radius 1 is 1.15 bits per heavy atom. The van der Waals surface area contributed by atoms with E-state index in [4.69, 9.17) is 5.73 Å². The van der Waals surface area contributed by atoms with Gasteiger partial charge in [-0.15, -0.1) is 0 Å². The van der Waals surface area contributed by atoms with Gasteiger partial charge in [0.1, 0.15) is 5.75 Å². The number of nitrogens with two attached hydrogens (primary N) is 1. The molecule has 4 nitrogen and oxygen atoms in total. The number of anilines is 1. The Morgan fingerprint density at radius 2 is 1.80 bits per heavy atom. The molecule has 0 saturated heterocycles. The molecule has 0 aromatic heterocycles. The van der Waals surface area contributed by atoms with Gasteiger partial charge in [0, 0.05) is 23.4 Å². The molecule has 20 heavy (non-hydrogen) atoms. The molecule has 0 heterocycles. The molecule has 2 rings (SSSR count). The molecule has 0 spiro atoms. The summed E-state index contributed by atoms with van der Waals surface area (Å²) >= 11 is 0. The van der Waals surface area contributed by atoms with E-state index in [1.54, 1.807) is 12.1 Å². The van der Waals surface area contributed by atoms with Crippen LogP contribution in [0.25, 0.3) is 0 Å². The number of phenolic OH excluding ortho intramolecular Hbond substituents is 1. The maximum absolute atomic E-state index is 12.1. The fraction of sp³-hybridized carbons (Fsp3) is 0.188. The number of nitrogen functional groups attached to an aromatic ring is 1. The SMILES string of the molecule is Cc1cc(C)cc(C(=O)NCc2cc(N)ccc2O)c1. The minimum absolute atomic E-state index is 0.125. The first-order valence-corrected chi connectivity index (χ1v) is 6.39. The van der Waals surface area contributed by atoms with Crippen molar-refractivity contribution in [2.45, 2.75) is 20.4 Å². The van der Waals surface area contributed by atoms with Gasteiger partial charge < -0.3 is 16.2 Å². The molecule has 4 heteroatoms. The summed E-state index contributed by atoms with van der Waals surface area (Å²) in [5.74, 6) is -0.0430. The van der Waals surface area contributed by atoms with Crippen LogP contribution in [0.2, 0.25) is 0 Å². The first-order chi connectivity index (χ1) is 9.45. The molecular weight excluding hydrogens is 252 g/mol. The second-order valence-corrected chi connectivity index (χ2v) is 4.95. The van der Waals surface area contributed by atoms with Crippen LogP contribution in [0, 0.1) is 13.8 Å². The lowest BCUT2D eigenvalue weighted by atomic mass is 10.1. The maximum Gasteiger partial charge on any atom is 0.251 e. The number of aryl methyl sites for hydroxylation is 2. The summed E-state index contributed by atoms with van der Waals surface area (Å²) in [5, 5.41) is 12.5.